The molecule has 0 saturated heterocycles. The average molecular weight is 178 g/mol. The van der Waals surface area contributed by atoms with Gasteiger partial charge in [0.15, 0.2) is 0 Å². The van der Waals surface area contributed by atoms with Crippen LogP contribution in [0.2, 0.25) is 0 Å². The van der Waals surface area contributed by atoms with Crippen LogP contribution in [0.4, 0.5) is 0 Å². The van der Waals surface area contributed by atoms with Crippen LogP contribution >= 0.6 is 0 Å². The molecule has 0 spiro atoms. The molecule has 0 aliphatic rings. The third-order valence-corrected chi connectivity index (χ3v) is 1.49. The lowest BCUT2D eigenvalue weighted by atomic mass is 10.2. The summed E-state index contributed by atoms with van der Waals surface area (Å²) in [7, 11) is 0. The van der Waals surface area contributed by atoms with Crippen molar-refractivity contribution in [2.75, 3.05) is 0 Å². The van der Waals surface area contributed by atoms with Crippen LogP contribution in [0.15, 0.2) is 36.4 Å². The van der Waals surface area contributed by atoms with E-state index in [1.165, 1.54) is 6.08 Å². The van der Waals surface area contributed by atoms with Crippen LogP contribution in [0.3, 0.4) is 0 Å². The van der Waals surface area contributed by atoms with Gasteiger partial charge < -0.3 is 10.2 Å². The van der Waals surface area contributed by atoms with Crippen molar-refractivity contribution in [3.05, 3.63) is 42.0 Å². The highest BCUT2D eigenvalue weighted by molar-refractivity contribution is 5.95. The van der Waals surface area contributed by atoms with E-state index in [2.05, 4.69) is 0 Å². The largest absolute Gasteiger partial charge is 0.362 e. The van der Waals surface area contributed by atoms with Gasteiger partial charge in [-0.1, -0.05) is 36.4 Å². The van der Waals surface area contributed by atoms with Crippen LogP contribution in [0, 0.1) is 0 Å². The third kappa shape index (κ3) is 3.19. The second-order valence-corrected chi connectivity index (χ2v) is 2.52. The lowest BCUT2D eigenvalue weighted by molar-refractivity contribution is -0.139. The first-order valence-corrected chi connectivity index (χ1v) is 3.83. The van der Waals surface area contributed by atoms with Crippen LogP contribution in [0.5, 0.6) is 0 Å². The lowest BCUT2D eigenvalue weighted by Crippen LogP contribution is -2.16. The molecule has 2 N–H and O–H groups in total. The zero-order chi connectivity index (χ0) is 9.68. The number of hydrogen-bond donors (Lipinski definition) is 2. The second kappa shape index (κ2) is 4.54. The van der Waals surface area contributed by atoms with Crippen molar-refractivity contribution in [2.24, 2.45) is 0 Å². The van der Waals surface area contributed by atoms with Crippen molar-refractivity contribution in [1.29, 1.82) is 0 Å². The van der Waals surface area contributed by atoms with Crippen molar-refractivity contribution in [3.63, 3.8) is 0 Å². The van der Waals surface area contributed by atoms with Gasteiger partial charge in [0.1, 0.15) is 0 Å². The smallest absolute Gasteiger partial charge is 0.217 e. The molecule has 1 aromatic rings. The highest BCUT2D eigenvalue weighted by atomic mass is 16.5. The normalized spacial score (nSPS) is 11.0. The molecule has 1 rings (SSSR count). The van der Waals surface area contributed by atoms with Crippen molar-refractivity contribution in [3.8, 4) is 0 Å². The second-order valence-electron chi connectivity index (χ2n) is 2.52. The molecule has 3 nitrogen and oxygen atoms in total. The predicted octanol–water partition coefficient (Wildman–Crippen LogP) is 0.580. The van der Waals surface area contributed by atoms with Crippen LogP contribution < -0.4 is 0 Å². The minimum Gasteiger partial charge on any atom is -0.362 e. The molecular formula is C10H10O3. The number of hydrogen-bond acceptors (Lipinski definition) is 3. The fourth-order valence-corrected chi connectivity index (χ4v) is 0.829. The molecule has 1 aromatic carbocycles. The molecular weight excluding hydrogens is 168 g/mol. The number of rotatable bonds is 3. The summed E-state index contributed by atoms with van der Waals surface area (Å²) in [4.78, 5) is 10.7. The van der Waals surface area contributed by atoms with E-state index in [0.717, 1.165) is 11.6 Å². The molecule has 13 heavy (non-hydrogen) atoms. The minimum absolute atomic E-state index is 0.719. The van der Waals surface area contributed by atoms with Crippen LogP contribution in [-0.2, 0) is 4.79 Å². The van der Waals surface area contributed by atoms with Gasteiger partial charge in [0.25, 0.3) is 0 Å². The van der Waals surface area contributed by atoms with Crippen LogP contribution in [0.1, 0.15) is 5.56 Å². The SMILES string of the molecule is O=C(C=Cc1ccccc1)C(O)O. The molecule has 0 radical (unpaired) electrons. The number of aliphatic hydroxyl groups excluding tert-OH is 1. The molecule has 0 bridgehead atoms. The Kier molecular flexibility index (Phi) is 3.37. The van der Waals surface area contributed by atoms with Gasteiger partial charge in [-0.05, 0) is 11.6 Å². The molecule has 0 amide bonds. The zero-order valence-electron chi connectivity index (χ0n) is 6.92. The monoisotopic (exact) mass is 178 g/mol. The maximum atomic E-state index is 10.7. The summed E-state index contributed by atoms with van der Waals surface area (Å²) in [5, 5.41) is 16.9. The summed E-state index contributed by atoms with van der Waals surface area (Å²) in [5.74, 6) is -0.719. The van der Waals surface area contributed by atoms with Crippen molar-refractivity contribution in [2.45, 2.75) is 6.29 Å². The summed E-state index contributed by atoms with van der Waals surface area (Å²) in [6.07, 6.45) is 0.752. The lowest BCUT2D eigenvalue weighted by Gasteiger charge is -1.95. The molecule has 68 valence electrons. The topological polar surface area (TPSA) is 57.5 Å². The number of ketones is 1. The Morgan fingerprint density at radius 1 is 1.23 bits per heavy atom. The van der Waals surface area contributed by atoms with Gasteiger partial charge in [-0.15, -0.1) is 0 Å². The fourth-order valence-electron chi connectivity index (χ4n) is 0.829. The summed E-state index contributed by atoms with van der Waals surface area (Å²) >= 11 is 0. The Labute approximate surface area is 76.0 Å². The van der Waals surface area contributed by atoms with Gasteiger partial charge in [0.05, 0.1) is 0 Å². The van der Waals surface area contributed by atoms with E-state index in [9.17, 15) is 4.79 Å². The van der Waals surface area contributed by atoms with Gasteiger partial charge in [-0.3, -0.25) is 4.79 Å². The van der Waals surface area contributed by atoms with E-state index in [4.69, 9.17) is 10.2 Å². The maximum absolute atomic E-state index is 10.7. The van der Waals surface area contributed by atoms with Crippen molar-refractivity contribution in [1.82, 2.24) is 0 Å². The first-order chi connectivity index (χ1) is 6.20. The molecule has 0 saturated carbocycles. The Hall–Kier alpha value is -1.45. The van der Waals surface area contributed by atoms with E-state index >= 15 is 0 Å². The van der Waals surface area contributed by atoms with E-state index in [1.807, 2.05) is 30.3 Å². The van der Waals surface area contributed by atoms with Gasteiger partial charge in [0.2, 0.25) is 12.1 Å². The fraction of sp³-hybridized carbons (Fsp3) is 0.100. The van der Waals surface area contributed by atoms with E-state index in [0.29, 0.717) is 0 Å². The van der Waals surface area contributed by atoms with Crippen molar-refractivity contribution < 1.29 is 15.0 Å². The van der Waals surface area contributed by atoms with Gasteiger partial charge in [-0.2, -0.15) is 0 Å². The number of aliphatic hydroxyl groups is 2. The summed E-state index contributed by atoms with van der Waals surface area (Å²) in [5.41, 5.74) is 0.844. The average Bonchev–Trinajstić information content (AvgIpc) is 2.15. The van der Waals surface area contributed by atoms with Gasteiger partial charge in [-0.25, -0.2) is 0 Å². The summed E-state index contributed by atoms with van der Waals surface area (Å²) < 4.78 is 0. The first kappa shape index (κ1) is 9.64. The number of benzene rings is 1. The molecule has 0 unspecified atom stereocenters. The van der Waals surface area contributed by atoms with Crippen LogP contribution in [0.25, 0.3) is 6.08 Å². The molecule has 3 heteroatoms. The quantitative estimate of drug-likeness (QED) is 0.525. The summed E-state index contributed by atoms with van der Waals surface area (Å²) in [6.45, 7) is 0. The first-order valence-electron chi connectivity index (χ1n) is 3.83. The van der Waals surface area contributed by atoms with Crippen molar-refractivity contribution >= 4 is 11.9 Å². The Morgan fingerprint density at radius 3 is 2.38 bits per heavy atom. The maximum Gasteiger partial charge on any atom is 0.217 e. The number of carbonyl (C=O) groups excluding carboxylic acids is 1. The minimum atomic E-state index is -1.92. The zero-order valence-corrected chi connectivity index (χ0v) is 6.92. The van der Waals surface area contributed by atoms with Gasteiger partial charge in [0, 0.05) is 0 Å². The van der Waals surface area contributed by atoms with E-state index in [1.54, 1.807) is 0 Å². The third-order valence-electron chi connectivity index (χ3n) is 1.49. The Balaban J connectivity index is 2.64. The molecule has 0 aliphatic heterocycles. The summed E-state index contributed by atoms with van der Waals surface area (Å²) in [6, 6.07) is 9.15. The van der Waals surface area contributed by atoms with E-state index in [-0.39, 0.29) is 0 Å². The highest BCUT2D eigenvalue weighted by Crippen LogP contribution is 2.01. The molecule has 0 heterocycles. The predicted molar refractivity (Wildman–Crippen MR) is 48.7 cm³/mol. The van der Waals surface area contributed by atoms with E-state index < -0.39 is 12.1 Å². The number of carbonyl (C=O) groups is 1. The Morgan fingerprint density at radius 2 is 1.85 bits per heavy atom. The molecule has 0 atom stereocenters. The van der Waals surface area contributed by atoms with Crippen LogP contribution in [-0.4, -0.2) is 22.3 Å². The highest BCUT2D eigenvalue weighted by Gasteiger charge is 2.04. The molecule has 0 fully saturated rings. The van der Waals surface area contributed by atoms with Gasteiger partial charge >= 0.3 is 0 Å². The molecule has 0 aromatic heterocycles. The molecule has 0 aliphatic carbocycles. The standard InChI is InChI=1S/C10H10O3/c11-9(10(12)13)7-6-8-4-2-1-3-5-8/h1-7,10,12-13H. The Bertz CT molecular complexity index is 301.